The number of hydroxylamine groups is 2. The number of nitrogens with two attached hydrogens (primary N) is 1. The van der Waals surface area contributed by atoms with Crippen LogP contribution in [0.2, 0.25) is 6.32 Å². The van der Waals surface area contributed by atoms with Crippen molar-refractivity contribution in [2.24, 2.45) is 16.6 Å². The molecule has 1 aromatic carbocycles. The van der Waals surface area contributed by atoms with Crippen molar-refractivity contribution in [3.05, 3.63) is 47.8 Å². The first kappa shape index (κ1) is 26.0. The highest BCUT2D eigenvalue weighted by atomic mass is 32.2. The Hall–Kier alpha value is -3.13. The molecular formula is C26H30BN6O2S. The van der Waals surface area contributed by atoms with E-state index in [4.69, 9.17) is 15.8 Å². The lowest BCUT2D eigenvalue weighted by atomic mass is 9.70. The van der Waals surface area contributed by atoms with Gasteiger partial charge >= 0.3 is 0 Å². The van der Waals surface area contributed by atoms with Gasteiger partial charge in [-0.3, -0.25) is 14.6 Å². The fraction of sp³-hybridized carbons (Fsp3) is 0.385. The number of fused-ring (bicyclic) bond motifs is 1. The van der Waals surface area contributed by atoms with E-state index < -0.39 is 0 Å². The topological polar surface area (TPSA) is 108 Å². The number of aromatic nitrogens is 1. The van der Waals surface area contributed by atoms with E-state index in [1.54, 1.807) is 25.3 Å². The maximum Gasteiger partial charge on any atom is 0.273 e. The standard InChI is InChI=1S/C26H30BN6O2S/c1-3-8-33(35-4-2)26(34)20-10-23-24(31-25(29)12-20)11-21(14-30-23)19-6-5-7-22(9-19)36-32-15-18(16-32)13-27-17-28/h5-7,9-11,14,18H,3-4,8,12-13,15-16H2,1-2H3,(H2,29,31). The zero-order valence-corrected chi connectivity index (χ0v) is 21.5. The number of aliphatic imine (C=N–C) groups is 1. The molecule has 1 aromatic heterocycles. The van der Waals surface area contributed by atoms with Gasteiger partial charge in [-0.25, -0.2) is 19.6 Å². The van der Waals surface area contributed by atoms with Gasteiger partial charge in [0.15, 0.2) is 0 Å². The second kappa shape index (κ2) is 12.2. The minimum atomic E-state index is -0.209. The molecule has 1 fully saturated rings. The van der Waals surface area contributed by atoms with Crippen molar-refractivity contribution in [1.29, 1.82) is 5.26 Å². The van der Waals surface area contributed by atoms with Gasteiger partial charge in [-0.15, -0.1) is 0 Å². The maximum atomic E-state index is 13.1. The van der Waals surface area contributed by atoms with Crippen molar-refractivity contribution < 1.29 is 9.63 Å². The largest absolute Gasteiger partial charge is 0.387 e. The summed E-state index contributed by atoms with van der Waals surface area (Å²) in [5, 5.41) is 10.1. The van der Waals surface area contributed by atoms with Crippen LogP contribution in [0.1, 0.15) is 32.4 Å². The number of nitrogens with zero attached hydrogens (tertiary/aromatic N) is 5. The normalized spacial score (nSPS) is 15.6. The summed E-state index contributed by atoms with van der Waals surface area (Å²) < 4.78 is 2.31. The molecule has 0 atom stereocenters. The monoisotopic (exact) mass is 501 g/mol. The van der Waals surface area contributed by atoms with Gasteiger partial charge in [-0.1, -0.05) is 25.4 Å². The van der Waals surface area contributed by atoms with Crippen LogP contribution in [0.4, 0.5) is 5.69 Å². The van der Waals surface area contributed by atoms with Gasteiger partial charge in [0.25, 0.3) is 13.2 Å². The fourth-order valence-corrected chi connectivity index (χ4v) is 5.34. The lowest BCUT2D eigenvalue weighted by Crippen LogP contribution is -2.42. The van der Waals surface area contributed by atoms with Gasteiger partial charge in [0, 0.05) is 48.3 Å². The van der Waals surface area contributed by atoms with Crippen molar-refractivity contribution in [3.63, 3.8) is 0 Å². The SMILES string of the molecule is CCCN(OCC)C(=O)C1=Cc2ncc(-c3cccc(SN4CC(C[B]C#N)C4)c3)cc2N=C(N)C1. The number of carbonyl (C=O) groups is 1. The van der Waals surface area contributed by atoms with Crippen molar-refractivity contribution in [2.75, 3.05) is 26.2 Å². The zero-order chi connectivity index (χ0) is 25.5. The van der Waals surface area contributed by atoms with Crippen LogP contribution < -0.4 is 5.73 Å². The number of hydrogen-bond acceptors (Lipinski definition) is 8. The number of rotatable bonds is 10. The van der Waals surface area contributed by atoms with Crippen LogP contribution in [-0.2, 0) is 9.63 Å². The van der Waals surface area contributed by atoms with E-state index >= 15 is 0 Å². The molecule has 0 saturated carbocycles. The first-order valence-electron chi connectivity index (χ1n) is 12.2. The van der Waals surface area contributed by atoms with Crippen LogP contribution in [-0.4, -0.2) is 59.6 Å². The van der Waals surface area contributed by atoms with Gasteiger partial charge in [-0.2, -0.15) is 0 Å². The van der Waals surface area contributed by atoms with E-state index in [9.17, 15) is 4.79 Å². The summed E-state index contributed by atoms with van der Waals surface area (Å²) in [6, 6.07) is 10.3. The summed E-state index contributed by atoms with van der Waals surface area (Å²) in [6.45, 7) is 6.73. The number of carbonyl (C=O) groups excluding carboxylic acids is 1. The van der Waals surface area contributed by atoms with Crippen molar-refractivity contribution in [3.8, 4) is 17.1 Å². The summed E-state index contributed by atoms with van der Waals surface area (Å²) >= 11 is 1.73. The predicted molar refractivity (Wildman–Crippen MR) is 144 cm³/mol. The Bertz CT molecular complexity index is 1200. The van der Waals surface area contributed by atoms with E-state index in [1.807, 2.05) is 38.2 Å². The number of nitriles is 1. The number of benzene rings is 1. The third-order valence-electron chi connectivity index (χ3n) is 5.92. The molecule has 3 heterocycles. The van der Waals surface area contributed by atoms with E-state index in [0.29, 0.717) is 41.9 Å². The van der Waals surface area contributed by atoms with Crippen LogP contribution in [0, 0.1) is 17.1 Å². The lowest BCUT2D eigenvalue weighted by molar-refractivity contribution is -0.180. The molecule has 2 aromatic rings. The minimum Gasteiger partial charge on any atom is -0.387 e. The molecule has 0 aliphatic carbocycles. The Kier molecular flexibility index (Phi) is 8.81. The Balaban J connectivity index is 1.51. The summed E-state index contributed by atoms with van der Waals surface area (Å²) in [7, 11) is 1.68. The zero-order valence-electron chi connectivity index (χ0n) is 20.7. The van der Waals surface area contributed by atoms with Gasteiger partial charge in [0.2, 0.25) is 0 Å². The molecule has 0 unspecified atom stereocenters. The Labute approximate surface area is 217 Å². The lowest BCUT2D eigenvalue weighted by Gasteiger charge is -2.37. The second-order valence-electron chi connectivity index (χ2n) is 8.80. The van der Waals surface area contributed by atoms with Crippen molar-refractivity contribution in [2.45, 2.75) is 37.9 Å². The van der Waals surface area contributed by atoms with Gasteiger partial charge in [-0.05, 0) is 67.0 Å². The predicted octanol–water partition coefficient (Wildman–Crippen LogP) is 4.26. The van der Waals surface area contributed by atoms with Crippen molar-refractivity contribution in [1.82, 2.24) is 14.4 Å². The highest BCUT2D eigenvalue weighted by Gasteiger charge is 2.27. The first-order chi connectivity index (χ1) is 17.5. The molecule has 36 heavy (non-hydrogen) atoms. The van der Waals surface area contributed by atoms with E-state index in [1.165, 1.54) is 5.06 Å². The van der Waals surface area contributed by atoms with E-state index in [-0.39, 0.29) is 12.3 Å². The molecule has 1 radical (unpaired) electrons. The summed E-state index contributed by atoms with van der Waals surface area (Å²) in [5.41, 5.74) is 9.93. The molecule has 0 bridgehead atoms. The number of hydrogen-bond donors (Lipinski definition) is 1. The molecule has 0 spiro atoms. The highest BCUT2D eigenvalue weighted by Crippen LogP contribution is 2.35. The molecule has 1 saturated heterocycles. The molecule has 8 nitrogen and oxygen atoms in total. The fourth-order valence-electron chi connectivity index (χ4n) is 4.16. The Morgan fingerprint density at radius 2 is 2.17 bits per heavy atom. The molecule has 2 N–H and O–H groups in total. The van der Waals surface area contributed by atoms with Crippen molar-refractivity contribution >= 4 is 42.7 Å². The number of amidine groups is 1. The first-order valence-corrected chi connectivity index (χ1v) is 13.0. The van der Waals surface area contributed by atoms with Gasteiger partial charge in [0.1, 0.15) is 5.84 Å². The minimum absolute atomic E-state index is 0.209. The summed E-state index contributed by atoms with van der Waals surface area (Å²) in [5.74, 6) is 2.82. The van der Waals surface area contributed by atoms with E-state index in [0.717, 1.165) is 41.9 Å². The number of pyridine rings is 1. The van der Waals surface area contributed by atoms with Crippen LogP contribution in [0.5, 0.6) is 0 Å². The average molecular weight is 501 g/mol. The smallest absolute Gasteiger partial charge is 0.273 e. The quantitative estimate of drug-likeness (QED) is 0.295. The van der Waals surface area contributed by atoms with Gasteiger partial charge in [0.05, 0.1) is 18.0 Å². The van der Waals surface area contributed by atoms with Crippen LogP contribution in [0.3, 0.4) is 0 Å². The highest BCUT2D eigenvalue weighted by molar-refractivity contribution is 7.97. The molecule has 2 aliphatic heterocycles. The molecule has 10 heteroatoms. The Morgan fingerprint density at radius 3 is 2.92 bits per heavy atom. The van der Waals surface area contributed by atoms with Crippen LogP contribution >= 0.6 is 11.9 Å². The van der Waals surface area contributed by atoms with E-state index in [2.05, 4.69) is 32.4 Å². The maximum absolute atomic E-state index is 13.1. The third-order valence-corrected chi connectivity index (χ3v) is 6.95. The number of amides is 1. The van der Waals surface area contributed by atoms with Gasteiger partial charge < -0.3 is 5.73 Å². The second-order valence-corrected chi connectivity index (χ2v) is 9.97. The molecular weight excluding hydrogens is 471 g/mol. The Morgan fingerprint density at radius 1 is 1.33 bits per heavy atom. The van der Waals surface area contributed by atoms with Crippen LogP contribution in [0.15, 0.2) is 52.0 Å². The molecule has 4 rings (SSSR count). The molecule has 185 valence electrons. The molecule has 1 amide bonds. The van der Waals surface area contributed by atoms with Crippen LogP contribution in [0.25, 0.3) is 17.2 Å². The summed E-state index contributed by atoms with van der Waals surface area (Å²) in [6.07, 6.45) is 5.45. The summed E-state index contributed by atoms with van der Waals surface area (Å²) in [4.78, 5) is 29.0. The molecule has 2 aliphatic rings. The third kappa shape index (κ3) is 6.35. The average Bonchev–Trinajstić information content (AvgIpc) is 3.02.